The van der Waals surface area contributed by atoms with Gasteiger partial charge in [-0.05, 0) is 41.8 Å². The molecule has 1 aliphatic heterocycles. The third kappa shape index (κ3) is 4.04. The van der Waals surface area contributed by atoms with E-state index >= 15 is 0 Å². The molecular formula is C19H21N3O3. The highest BCUT2D eigenvalue weighted by Crippen LogP contribution is 2.23. The molecule has 25 heavy (non-hydrogen) atoms. The molecule has 2 aromatic carbocycles. The summed E-state index contributed by atoms with van der Waals surface area (Å²) in [6.07, 6.45) is 0.729. The highest BCUT2D eigenvalue weighted by atomic mass is 16.3. The fourth-order valence-corrected chi connectivity index (χ4v) is 3.11. The summed E-state index contributed by atoms with van der Waals surface area (Å²) in [5.74, 6) is -0.666. The van der Waals surface area contributed by atoms with Crippen molar-refractivity contribution in [3.63, 3.8) is 0 Å². The number of nitrogens with two attached hydrogens (primary N) is 1. The molecule has 3 rings (SSSR count). The molecule has 2 amide bonds. The summed E-state index contributed by atoms with van der Waals surface area (Å²) in [7, 11) is 0. The van der Waals surface area contributed by atoms with Gasteiger partial charge < -0.3 is 16.2 Å². The Labute approximate surface area is 146 Å². The summed E-state index contributed by atoms with van der Waals surface area (Å²) in [6, 6.07) is 14.5. The third-order valence-electron chi connectivity index (χ3n) is 4.47. The fraction of sp³-hybridized carbons (Fsp3) is 0.263. The van der Waals surface area contributed by atoms with Crippen molar-refractivity contribution in [1.29, 1.82) is 0 Å². The van der Waals surface area contributed by atoms with Crippen LogP contribution in [0.3, 0.4) is 0 Å². The van der Waals surface area contributed by atoms with Crippen molar-refractivity contribution < 1.29 is 14.7 Å². The summed E-state index contributed by atoms with van der Waals surface area (Å²) in [5.41, 5.74) is 8.61. The van der Waals surface area contributed by atoms with Crippen LogP contribution in [-0.2, 0) is 17.8 Å². The van der Waals surface area contributed by atoms with Crippen molar-refractivity contribution in [2.75, 3.05) is 18.5 Å². The van der Waals surface area contributed by atoms with Crippen molar-refractivity contribution in [3.8, 4) is 0 Å². The molecule has 0 radical (unpaired) electrons. The van der Waals surface area contributed by atoms with E-state index < -0.39 is 5.91 Å². The number of aliphatic hydroxyl groups excluding tert-OH is 1. The van der Waals surface area contributed by atoms with Gasteiger partial charge in [-0.3, -0.25) is 14.5 Å². The molecule has 4 N–H and O–H groups in total. The largest absolute Gasteiger partial charge is 0.395 e. The van der Waals surface area contributed by atoms with Gasteiger partial charge in [-0.1, -0.05) is 24.3 Å². The van der Waals surface area contributed by atoms with Crippen molar-refractivity contribution in [3.05, 3.63) is 65.2 Å². The fourth-order valence-electron chi connectivity index (χ4n) is 3.11. The SMILES string of the molecule is NC(=O)c1ccc(NC(=O)CN2Cc3ccccc3C[C@@H]2CO)cc1. The molecular weight excluding hydrogens is 318 g/mol. The second-order valence-electron chi connectivity index (χ2n) is 6.20. The molecule has 0 aliphatic carbocycles. The Morgan fingerprint density at radius 3 is 2.44 bits per heavy atom. The number of hydrogen-bond donors (Lipinski definition) is 3. The predicted octanol–water partition coefficient (Wildman–Crippen LogP) is 1.14. The van der Waals surface area contributed by atoms with Crippen LogP contribution >= 0.6 is 0 Å². The van der Waals surface area contributed by atoms with E-state index in [0.717, 1.165) is 6.42 Å². The van der Waals surface area contributed by atoms with E-state index in [1.165, 1.54) is 11.1 Å². The smallest absolute Gasteiger partial charge is 0.248 e. The first-order chi connectivity index (χ1) is 12.1. The van der Waals surface area contributed by atoms with Crippen LogP contribution < -0.4 is 11.1 Å². The first-order valence-electron chi connectivity index (χ1n) is 8.18. The lowest BCUT2D eigenvalue weighted by atomic mass is 9.94. The number of carbonyl (C=O) groups excluding carboxylic acids is 2. The molecule has 130 valence electrons. The van der Waals surface area contributed by atoms with E-state index in [0.29, 0.717) is 17.8 Å². The van der Waals surface area contributed by atoms with Crippen molar-refractivity contribution in [2.24, 2.45) is 5.73 Å². The number of carbonyl (C=O) groups is 2. The van der Waals surface area contributed by atoms with E-state index in [9.17, 15) is 14.7 Å². The van der Waals surface area contributed by atoms with Gasteiger partial charge in [0.1, 0.15) is 0 Å². The van der Waals surface area contributed by atoms with Crippen molar-refractivity contribution >= 4 is 17.5 Å². The molecule has 0 saturated carbocycles. The van der Waals surface area contributed by atoms with E-state index in [2.05, 4.69) is 17.4 Å². The van der Waals surface area contributed by atoms with Crippen LogP contribution in [0.1, 0.15) is 21.5 Å². The third-order valence-corrected chi connectivity index (χ3v) is 4.47. The molecule has 0 saturated heterocycles. The Morgan fingerprint density at radius 1 is 1.12 bits per heavy atom. The maximum absolute atomic E-state index is 12.3. The van der Waals surface area contributed by atoms with E-state index in [-0.39, 0.29) is 25.1 Å². The van der Waals surface area contributed by atoms with Crippen LogP contribution in [0.4, 0.5) is 5.69 Å². The monoisotopic (exact) mass is 339 g/mol. The molecule has 1 heterocycles. The Kier molecular flexibility index (Phi) is 5.11. The summed E-state index contributed by atoms with van der Waals surface area (Å²) < 4.78 is 0. The maximum atomic E-state index is 12.3. The molecule has 0 unspecified atom stereocenters. The summed E-state index contributed by atoms with van der Waals surface area (Å²) in [4.78, 5) is 25.4. The molecule has 0 fully saturated rings. The van der Waals surface area contributed by atoms with Crippen LogP contribution in [0.2, 0.25) is 0 Å². The number of nitrogens with one attached hydrogen (secondary N) is 1. The molecule has 1 aliphatic rings. The van der Waals surface area contributed by atoms with Gasteiger partial charge in [-0.15, -0.1) is 0 Å². The highest BCUT2D eigenvalue weighted by Gasteiger charge is 2.26. The standard InChI is InChI=1S/C19H21N3O3/c20-19(25)13-5-7-16(8-6-13)21-18(24)11-22-10-15-4-2-1-3-14(15)9-17(22)12-23/h1-8,17,23H,9-12H2,(H2,20,25)(H,21,24)/t17-/m1/s1. The second kappa shape index (κ2) is 7.46. The number of benzene rings is 2. The first-order valence-corrected chi connectivity index (χ1v) is 8.18. The zero-order valence-corrected chi connectivity index (χ0v) is 13.8. The first kappa shape index (κ1) is 17.1. The van der Waals surface area contributed by atoms with Crippen LogP contribution in [0.5, 0.6) is 0 Å². The Hall–Kier alpha value is -2.70. The van der Waals surface area contributed by atoms with Crippen LogP contribution in [-0.4, -0.2) is 41.0 Å². The lowest BCUT2D eigenvalue weighted by Crippen LogP contribution is -2.46. The lowest BCUT2D eigenvalue weighted by molar-refractivity contribution is -0.118. The minimum absolute atomic E-state index is 0.00885. The quantitative estimate of drug-likeness (QED) is 0.761. The van der Waals surface area contributed by atoms with Crippen molar-refractivity contribution in [2.45, 2.75) is 19.0 Å². The average molecular weight is 339 g/mol. The number of rotatable bonds is 5. The Morgan fingerprint density at radius 2 is 1.80 bits per heavy atom. The van der Waals surface area contributed by atoms with E-state index in [1.807, 2.05) is 17.0 Å². The van der Waals surface area contributed by atoms with Crippen LogP contribution in [0.15, 0.2) is 48.5 Å². The number of nitrogens with zero attached hydrogens (tertiary/aromatic N) is 1. The molecule has 1 atom stereocenters. The summed E-state index contributed by atoms with van der Waals surface area (Å²) >= 11 is 0. The minimum Gasteiger partial charge on any atom is -0.395 e. The average Bonchev–Trinajstić information content (AvgIpc) is 2.61. The van der Waals surface area contributed by atoms with E-state index in [1.54, 1.807) is 24.3 Å². The van der Waals surface area contributed by atoms with Crippen LogP contribution in [0.25, 0.3) is 0 Å². The minimum atomic E-state index is -0.504. The van der Waals surface area contributed by atoms with Gasteiger partial charge in [0.25, 0.3) is 0 Å². The van der Waals surface area contributed by atoms with Gasteiger partial charge in [-0.25, -0.2) is 0 Å². The summed E-state index contributed by atoms with van der Waals surface area (Å²) in [6.45, 7) is 0.835. The molecule has 0 bridgehead atoms. The normalized spacial score (nSPS) is 16.9. The zero-order chi connectivity index (χ0) is 17.8. The molecule has 6 nitrogen and oxygen atoms in total. The number of fused-ring (bicyclic) bond motifs is 1. The van der Waals surface area contributed by atoms with Gasteiger partial charge in [0.2, 0.25) is 11.8 Å². The van der Waals surface area contributed by atoms with Gasteiger partial charge >= 0.3 is 0 Å². The van der Waals surface area contributed by atoms with Crippen LogP contribution in [0, 0.1) is 0 Å². The highest BCUT2D eigenvalue weighted by molar-refractivity contribution is 5.95. The Balaban J connectivity index is 1.64. The number of anilines is 1. The lowest BCUT2D eigenvalue weighted by Gasteiger charge is -2.35. The molecule has 2 aromatic rings. The van der Waals surface area contributed by atoms with Gasteiger partial charge in [0.15, 0.2) is 0 Å². The topological polar surface area (TPSA) is 95.7 Å². The number of amides is 2. The second-order valence-corrected chi connectivity index (χ2v) is 6.20. The zero-order valence-electron chi connectivity index (χ0n) is 13.8. The number of aliphatic hydroxyl groups is 1. The van der Waals surface area contributed by atoms with Crippen molar-refractivity contribution in [1.82, 2.24) is 4.90 Å². The number of hydrogen-bond acceptors (Lipinski definition) is 4. The van der Waals surface area contributed by atoms with Gasteiger partial charge in [-0.2, -0.15) is 0 Å². The molecule has 6 heteroatoms. The maximum Gasteiger partial charge on any atom is 0.248 e. The molecule has 0 aromatic heterocycles. The van der Waals surface area contributed by atoms with Gasteiger partial charge in [0, 0.05) is 23.8 Å². The molecule has 0 spiro atoms. The predicted molar refractivity (Wildman–Crippen MR) is 95.0 cm³/mol. The Bertz CT molecular complexity index is 774. The number of primary amides is 1. The van der Waals surface area contributed by atoms with E-state index in [4.69, 9.17) is 5.73 Å². The van der Waals surface area contributed by atoms with Gasteiger partial charge in [0.05, 0.1) is 13.2 Å². The summed E-state index contributed by atoms with van der Waals surface area (Å²) in [5, 5.41) is 12.5.